The number of aromatic nitrogens is 1. The lowest BCUT2D eigenvalue weighted by atomic mass is 10.2. The van der Waals surface area contributed by atoms with Crippen LogP contribution in [-0.2, 0) is 23.1 Å². The van der Waals surface area contributed by atoms with Gasteiger partial charge in [-0.3, -0.25) is 0 Å². The predicted octanol–water partition coefficient (Wildman–Crippen LogP) is 1.77. The molecule has 0 atom stereocenters. The second-order valence-electron chi connectivity index (χ2n) is 4.21. The van der Waals surface area contributed by atoms with E-state index in [1.54, 1.807) is 7.05 Å². The molecule has 2 N–H and O–H groups in total. The Morgan fingerprint density at radius 2 is 2.14 bits per heavy atom. The van der Waals surface area contributed by atoms with Crippen molar-refractivity contribution in [1.82, 2.24) is 15.2 Å². The zero-order valence-corrected chi connectivity index (χ0v) is 13.5. The van der Waals surface area contributed by atoms with Crippen LogP contribution in [0.5, 0.6) is 0 Å². The number of hydrogen-bond acceptors (Lipinski definition) is 5. The highest BCUT2D eigenvalue weighted by molar-refractivity contribution is 9.10. The molecule has 0 unspecified atom stereocenters. The van der Waals surface area contributed by atoms with Gasteiger partial charge in [0.25, 0.3) is 0 Å². The molecule has 2 aromatic rings. The van der Waals surface area contributed by atoms with Crippen molar-refractivity contribution in [3.05, 3.63) is 46.0 Å². The molecule has 2 rings (SSSR count). The molecule has 0 saturated heterocycles. The van der Waals surface area contributed by atoms with Crippen LogP contribution in [0.15, 0.2) is 38.3 Å². The van der Waals surface area contributed by atoms with Crippen LogP contribution in [0.25, 0.3) is 0 Å². The van der Waals surface area contributed by atoms with Gasteiger partial charge in [-0.2, -0.15) is 0 Å². The molecule has 0 aliphatic carbocycles. The van der Waals surface area contributed by atoms with E-state index in [1.165, 1.54) is 24.4 Å². The van der Waals surface area contributed by atoms with Crippen LogP contribution in [0.1, 0.15) is 11.3 Å². The first-order chi connectivity index (χ1) is 9.94. The fourth-order valence-electron chi connectivity index (χ4n) is 1.71. The van der Waals surface area contributed by atoms with Gasteiger partial charge >= 0.3 is 0 Å². The van der Waals surface area contributed by atoms with Crippen LogP contribution in [0.4, 0.5) is 4.39 Å². The fraction of sp³-hybridized carbons (Fsp3) is 0.250. The summed E-state index contributed by atoms with van der Waals surface area (Å²) < 4.78 is 46.2. The van der Waals surface area contributed by atoms with Crippen molar-refractivity contribution < 1.29 is 17.3 Å². The van der Waals surface area contributed by atoms with E-state index in [0.29, 0.717) is 10.2 Å². The highest BCUT2D eigenvalue weighted by Gasteiger charge is 2.22. The number of nitrogens with zero attached hydrogens (tertiary/aromatic N) is 1. The first-order valence-corrected chi connectivity index (χ1v) is 8.23. The van der Waals surface area contributed by atoms with Gasteiger partial charge in [0.15, 0.2) is 5.76 Å². The van der Waals surface area contributed by atoms with Crippen LogP contribution in [0, 0.1) is 5.82 Å². The van der Waals surface area contributed by atoms with Crippen LogP contribution in [0.3, 0.4) is 0 Å². The fourth-order valence-corrected chi connectivity index (χ4v) is 3.50. The molecule has 0 aliphatic rings. The Bertz CT molecular complexity index is 720. The van der Waals surface area contributed by atoms with E-state index in [4.69, 9.17) is 4.52 Å². The van der Waals surface area contributed by atoms with Gasteiger partial charge in [-0.15, -0.1) is 0 Å². The van der Waals surface area contributed by atoms with E-state index in [9.17, 15) is 12.8 Å². The van der Waals surface area contributed by atoms with Crippen LogP contribution < -0.4 is 10.0 Å². The number of halogens is 2. The van der Waals surface area contributed by atoms with E-state index >= 15 is 0 Å². The van der Waals surface area contributed by atoms with Gasteiger partial charge in [0, 0.05) is 22.6 Å². The average Bonchev–Trinajstić information content (AvgIpc) is 2.94. The maximum Gasteiger partial charge on any atom is 0.243 e. The number of nitrogens with one attached hydrogen (secondary N) is 2. The Labute approximate surface area is 129 Å². The van der Waals surface area contributed by atoms with Crippen molar-refractivity contribution in [2.24, 2.45) is 0 Å². The summed E-state index contributed by atoms with van der Waals surface area (Å²) in [5.41, 5.74) is 0.256. The largest absolute Gasteiger partial charge is 0.360 e. The standard InChI is InChI=1S/C12H13BrFN3O3S/c1-15-6-8-4-9(13)5-11(12(8)14)21(18,19)17-7-10-2-3-16-20-10/h2-5,15,17H,6-7H2,1H3. The van der Waals surface area contributed by atoms with Gasteiger partial charge in [0.1, 0.15) is 10.7 Å². The second kappa shape index (κ2) is 6.65. The van der Waals surface area contributed by atoms with E-state index in [2.05, 4.69) is 31.1 Å². The Balaban J connectivity index is 2.30. The Hall–Kier alpha value is -1.29. The number of benzene rings is 1. The van der Waals surface area contributed by atoms with Crippen molar-refractivity contribution >= 4 is 26.0 Å². The molecule has 114 valence electrons. The van der Waals surface area contributed by atoms with Crippen molar-refractivity contribution in [3.63, 3.8) is 0 Å². The topological polar surface area (TPSA) is 84.2 Å². The van der Waals surface area contributed by atoms with Crippen LogP contribution in [0.2, 0.25) is 0 Å². The summed E-state index contributed by atoms with van der Waals surface area (Å²) in [5, 5.41) is 6.25. The molecule has 1 aromatic heterocycles. The Morgan fingerprint density at radius 3 is 2.76 bits per heavy atom. The van der Waals surface area contributed by atoms with Gasteiger partial charge < -0.3 is 9.84 Å². The van der Waals surface area contributed by atoms with E-state index < -0.39 is 20.7 Å². The van der Waals surface area contributed by atoms with Gasteiger partial charge in [0.05, 0.1) is 12.7 Å². The van der Waals surface area contributed by atoms with Crippen LogP contribution in [-0.4, -0.2) is 20.6 Å². The zero-order chi connectivity index (χ0) is 15.5. The molecule has 0 aliphatic heterocycles. The maximum atomic E-state index is 14.3. The summed E-state index contributed by atoms with van der Waals surface area (Å²) in [6.07, 6.45) is 1.40. The molecule has 0 amide bonds. The van der Waals surface area contributed by atoms with Crippen LogP contribution >= 0.6 is 15.9 Å². The van der Waals surface area contributed by atoms with E-state index in [1.807, 2.05) is 0 Å². The molecule has 0 saturated carbocycles. The first kappa shape index (κ1) is 16.1. The summed E-state index contributed by atoms with van der Waals surface area (Å²) in [5.74, 6) is -0.443. The molecular weight excluding hydrogens is 365 g/mol. The van der Waals surface area contributed by atoms with Crippen molar-refractivity contribution in [2.45, 2.75) is 18.0 Å². The molecule has 9 heteroatoms. The van der Waals surface area contributed by atoms with Gasteiger partial charge in [-0.05, 0) is 19.2 Å². The molecule has 21 heavy (non-hydrogen) atoms. The normalized spacial score (nSPS) is 11.8. The Morgan fingerprint density at radius 1 is 1.38 bits per heavy atom. The predicted molar refractivity (Wildman–Crippen MR) is 77.4 cm³/mol. The molecule has 0 fully saturated rings. The third-order valence-electron chi connectivity index (χ3n) is 2.66. The summed E-state index contributed by atoms with van der Waals surface area (Å²) in [6.45, 7) is 0.117. The smallest absolute Gasteiger partial charge is 0.243 e. The number of sulfonamides is 1. The first-order valence-electron chi connectivity index (χ1n) is 5.96. The van der Waals surface area contributed by atoms with Gasteiger partial charge in [0.2, 0.25) is 10.0 Å². The highest BCUT2D eigenvalue weighted by Crippen LogP contribution is 2.24. The lowest BCUT2D eigenvalue weighted by molar-refractivity contribution is 0.380. The summed E-state index contributed by atoms with van der Waals surface area (Å²) in [6, 6.07) is 4.27. The quantitative estimate of drug-likeness (QED) is 0.801. The summed E-state index contributed by atoms with van der Waals surface area (Å²) in [4.78, 5) is -0.415. The molecule has 0 spiro atoms. The number of hydrogen-bond donors (Lipinski definition) is 2. The van der Waals surface area contributed by atoms with E-state index in [0.717, 1.165) is 0 Å². The van der Waals surface area contributed by atoms with Crippen molar-refractivity contribution in [3.8, 4) is 0 Å². The molecule has 1 aromatic carbocycles. The molecule has 0 bridgehead atoms. The molecular formula is C12H13BrFN3O3S. The summed E-state index contributed by atoms with van der Waals surface area (Å²) >= 11 is 3.18. The SMILES string of the molecule is CNCc1cc(Br)cc(S(=O)(=O)NCc2ccno2)c1F. The lowest BCUT2D eigenvalue weighted by Gasteiger charge is -2.10. The summed E-state index contributed by atoms with van der Waals surface area (Å²) in [7, 11) is -2.35. The minimum atomic E-state index is -4.00. The second-order valence-corrected chi connectivity index (χ2v) is 6.86. The molecule has 0 radical (unpaired) electrons. The monoisotopic (exact) mass is 377 g/mol. The number of rotatable bonds is 6. The molecule has 6 nitrogen and oxygen atoms in total. The molecule has 1 heterocycles. The zero-order valence-electron chi connectivity index (χ0n) is 11.1. The lowest BCUT2D eigenvalue weighted by Crippen LogP contribution is -2.24. The maximum absolute atomic E-state index is 14.3. The highest BCUT2D eigenvalue weighted by atomic mass is 79.9. The Kier molecular flexibility index (Phi) is 5.09. The third-order valence-corrected chi connectivity index (χ3v) is 4.52. The minimum absolute atomic E-state index is 0.102. The van der Waals surface area contributed by atoms with Crippen molar-refractivity contribution in [1.29, 1.82) is 0 Å². The van der Waals surface area contributed by atoms with Crippen molar-refractivity contribution in [2.75, 3.05) is 7.05 Å². The third kappa shape index (κ3) is 3.88. The van der Waals surface area contributed by atoms with Gasteiger partial charge in [-0.1, -0.05) is 21.1 Å². The average molecular weight is 378 g/mol. The van der Waals surface area contributed by atoms with Gasteiger partial charge in [-0.25, -0.2) is 17.5 Å². The minimum Gasteiger partial charge on any atom is -0.360 e. The van der Waals surface area contributed by atoms with E-state index in [-0.39, 0.29) is 18.7 Å².